The molecule has 20 heavy (non-hydrogen) atoms. The van der Waals surface area contributed by atoms with Crippen molar-refractivity contribution in [2.75, 3.05) is 11.9 Å². The Kier molecular flexibility index (Phi) is 3.60. The molecule has 1 fully saturated rings. The molecule has 7 nitrogen and oxygen atoms in total. The third kappa shape index (κ3) is 2.77. The highest BCUT2D eigenvalue weighted by Gasteiger charge is 2.28. The molecule has 2 aromatic heterocycles. The zero-order valence-electron chi connectivity index (χ0n) is 11.6. The molecule has 1 saturated heterocycles. The van der Waals surface area contributed by atoms with Crippen LogP contribution >= 0.6 is 0 Å². The largest absolute Gasteiger partial charge is 0.366 e. The normalized spacial score (nSPS) is 22.1. The Bertz CT molecular complexity index is 570. The van der Waals surface area contributed by atoms with Gasteiger partial charge in [0.2, 0.25) is 0 Å². The molecule has 0 aromatic carbocycles. The molecule has 3 heterocycles. The summed E-state index contributed by atoms with van der Waals surface area (Å²) in [6.07, 6.45) is 5.42. The van der Waals surface area contributed by atoms with Crippen LogP contribution < -0.4 is 5.32 Å². The third-order valence-electron chi connectivity index (χ3n) is 3.42. The van der Waals surface area contributed by atoms with E-state index in [-0.39, 0.29) is 12.2 Å². The summed E-state index contributed by atoms with van der Waals surface area (Å²) >= 11 is 0. The molecule has 1 aliphatic rings. The van der Waals surface area contributed by atoms with E-state index in [0.29, 0.717) is 0 Å². The Morgan fingerprint density at radius 1 is 1.35 bits per heavy atom. The molecule has 2 atom stereocenters. The Labute approximate surface area is 117 Å². The highest BCUT2D eigenvalue weighted by atomic mass is 16.5. The number of H-pyrrole nitrogens is 1. The number of hydrogen-bond donors (Lipinski definition) is 2. The fraction of sp³-hybridized carbons (Fsp3) is 0.538. The first-order valence-electron chi connectivity index (χ1n) is 6.77. The number of anilines is 1. The summed E-state index contributed by atoms with van der Waals surface area (Å²) in [7, 11) is 0. The lowest BCUT2D eigenvalue weighted by molar-refractivity contribution is 0.0472. The summed E-state index contributed by atoms with van der Waals surface area (Å²) < 4.78 is 5.95. The van der Waals surface area contributed by atoms with Gasteiger partial charge in [-0.1, -0.05) is 0 Å². The molecule has 0 spiro atoms. The van der Waals surface area contributed by atoms with Crippen LogP contribution in [0.4, 0.5) is 5.82 Å². The minimum atomic E-state index is 0.0222. The molecule has 2 N–H and O–H groups in total. The van der Waals surface area contributed by atoms with Crippen molar-refractivity contribution < 1.29 is 4.74 Å². The van der Waals surface area contributed by atoms with Crippen molar-refractivity contribution in [2.24, 2.45) is 0 Å². The van der Waals surface area contributed by atoms with E-state index in [2.05, 4.69) is 30.5 Å². The van der Waals surface area contributed by atoms with Gasteiger partial charge in [0, 0.05) is 12.7 Å². The van der Waals surface area contributed by atoms with Crippen LogP contribution in [-0.2, 0) is 4.74 Å². The highest BCUT2D eigenvalue weighted by Crippen LogP contribution is 2.30. The van der Waals surface area contributed by atoms with Crippen LogP contribution in [0.25, 0.3) is 0 Å². The third-order valence-corrected chi connectivity index (χ3v) is 3.42. The van der Waals surface area contributed by atoms with E-state index in [4.69, 9.17) is 4.74 Å². The minimum Gasteiger partial charge on any atom is -0.366 e. The smallest absolute Gasteiger partial charge is 0.153 e. The topological polar surface area (TPSA) is 88.6 Å². The first-order valence-corrected chi connectivity index (χ1v) is 6.77. The van der Waals surface area contributed by atoms with Gasteiger partial charge in [-0.3, -0.25) is 10.1 Å². The standard InChI is InChI=1S/C13H18N6O/c1-8-5-14-9(2)12(18-8)15-6-10-3-4-11(20-10)13-16-7-17-19-13/h5,7,10-11H,3-4,6H2,1-2H3,(H,15,18)(H,16,17,19)/t10-,11+/m1/s1. The van der Waals surface area contributed by atoms with Gasteiger partial charge in [0.1, 0.15) is 18.2 Å². The van der Waals surface area contributed by atoms with E-state index in [9.17, 15) is 0 Å². The molecule has 0 bridgehead atoms. The number of nitrogens with zero attached hydrogens (tertiary/aromatic N) is 4. The number of ether oxygens (including phenoxy) is 1. The van der Waals surface area contributed by atoms with Crippen LogP contribution in [0.15, 0.2) is 12.5 Å². The van der Waals surface area contributed by atoms with Gasteiger partial charge in [-0.2, -0.15) is 5.10 Å². The molecule has 0 amide bonds. The molecule has 3 rings (SSSR count). The fourth-order valence-corrected chi connectivity index (χ4v) is 2.34. The minimum absolute atomic E-state index is 0.0222. The molecule has 0 aliphatic carbocycles. The maximum Gasteiger partial charge on any atom is 0.153 e. The van der Waals surface area contributed by atoms with E-state index in [1.165, 1.54) is 6.33 Å². The van der Waals surface area contributed by atoms with Gasteiger partial charge in [-0.25, -0.2) is 9.97 Å². The number of nitrogens with one attached hydrogen (secondary N) is 2. The van der Waals surface area contributed by atoms with Crippen molar-refractivity contribution in [3.05, 3.63) is 29.7 Å². The van der Waals surface area contributed by atoms with Crippen LogP contribution in [0.2, 0.25) is 0 Å². The van der Waals surface area contributed by atoms with E-state index in [0.717, 1.165) is 42.4 Å². The average molecular weight is 274 g/mol. The zero-order valence-corrected chi connectivity index (χ0v) is 11.6. The predicted molar refractivity (Wildman–Crippen MR) is 73.2 cm³/mol. The van der Waals surface area contributed by atoms with Crippen molar-refractivity contribution in [3.8, 4) is 0 Å². The maximum atomic E-state index is 5.95. The van der Waals surface area contributed by atoms with Gasteiger partial charge in [-0.15, -0.1) is 0 Å². The van der Waals surface area contributed by atoms with Crippen molar-refractivity contribution >= 4 is 5.82 Å². The van der Waals surface area contributed by atoms with Crippen LogP contribution in [0.3, 0.4) is 0 Å². The van der Waals surface area contributed by atoms with Gasteiger partial charge in [0.25, 0.3) is 0 Å². The SMILES string of the molecule is Cc1cnc(C)c(NC[C@H]2CC[C@@H](c3ncn[nH]3)O2)n1. The van der Waals surface area contributed by atoms with Crippen LogP contribution in [-0.4, -0.2) is 37.8 Å². The van der Waals surface area contributed by atoms with Gasteiger partial charge < -0.3 is 10.1 Å². The van der Waals surface area contributed by atoms with Crippen molar-refractivity contribution in [1.82, 2.24) is 25.1 Å². The van der Waals surface area contributed by atoms with Gasteiger partial charge >= 0.3 is 0 Å². The summed E-state index contributed by atoms with van der Waals surface area (Å²) in [5.74, 6) is 1.63. The second-order valence-electron chi connectivity index (χ2n) is 5.02. The molecule has 0 radical (unpaired) electrons. The summed E-state index contributed by atoms with van der Waals surface area (Å²) in [6, 6.07) is 0. The summed E-state index contributed by atoms with van der Waals surface area (Å²) in [6.45, 7) is 4.61. The molecule has 2 aromatic rings. The number of hydrogen-bond acceptors (Lipinski definition) is 6. The zero-order chi connectivity index (χ0) is 13.9. The summed E-state index contributed by atoms with van der Waals surface area (Å²) in [5, 5.41) is 10.0. The molecule has 0 saturated carbocycles. The number of aromatic amines is 1. The van der Waals surface area contributed by atoms with Gasteiger partial charge in [-0.05, 0) is 26.7 Å². The number of rotatable bonds is 4. The second-order valence-corrected chi connectivity index (χ2v) is 5.02. The van der Waals surface area contributed by atoms with Crippen LogP contribution in [0, 0.1) is 13.8 Å². The van der Waals surface area contributed by atoms with Crippen LogP contribution in [0.5, 0.6) is 0 Å². The summed E-state index contributed by atoms with van der Waals surface area (Å²) in [4.78, 5) is 12.9. The van der Waals surface area contributed by atoms with E-state index < -0.39 is 0 Å². The quantitative estimate of drug-likeness (QED) is 0.879. The second kappa shape index (κ2) is 5.54. The van der Waals surface area contributed by atoms with Gasteiger partial charge in [0.05, 0.1) is 17.5 Å². The molecule has 106 valence electrons. The highest BCUT2D eigenvalue weighted by molar-refractivity contribution is 5.39. The first-order chi connectivity index (χ1) is 9.72. The number of aromatic nitrogens is 5. The predicted octanol–water partition coefficient (Wildman–Crippen LogP) is 1.54. The lowest BCUT2D eigenvalue weighted by Gasteiger charge is -2.14. The van der Waals surface area contributed by atoms with E-state index in [1.54, 1.807) is 6.20 Å². The molecule has 0 unspecified atom stereocenters. The van der Waals surface area contributed by atoms with E-state index in [1.807, 2.05) is 13.8 Å². The molecular formula is C13H18N6O. The summed E-state index contributed by atoms with van der Waals surface area (Å²) in [5.41, 5.74) is 1.81. The fourth-order valence-electron chi connectivity index (χ4n) is 2.34. The molecular weight excluding hydrogens is 256 g/mol. The Morgan fingerprint density at radius 2 is 2.25 bits per heavy atom. The van der Waals surface area contributed by atoms with Crippen molar-refractivity contribution in [1.29, 1.82) is 0 Å². The molecule has 7 heteroatoms. The Morgan fingerprint density at radius 3 is 3.05 bits per heavy atom. The number of aryl methyl sites for hydroxylation is 2. The van der Waals surface area contributed by atoms with E-state index >= 15 is 0 Å². The molecule has 1 aliphatic heterocycles. The average Bonchev–Trinajstić information content (AvgIpc) is 3.09. The Hall–Kier alpha value is -2.02. The van der Waals surface area contributed by atoms with Gasteiger partial charge in [0.15, 0.2) is 5.82 Å². The maximum absolute atomic E-state index is 5.95. The van der Waals surface area contributed by atoms with Crippen molar-refractivity contribution in [2.45, 2.75) is 38.9 Å². The first kappa shape index (κ1) is 13.0. The van der Waals surface area contributed by atoms with Crippen molar-refractivity contribution in [3.63, 3.8) is 0 Å². The lowest BCUT2D eigenvalue weighted by Crippen LogP contribution is -2.20. The lowest BCUT2D eigenvalue weighted by atomic mass is 10.2. The monoisotopic (exact) mass is 274 g/mol. The Balaban J connectivity index is 1.56. The van der Waals surface area contributed by atoms with Crippen LogP contribution in [0.1, 0.15) is 36.2 Å².